The molecule has 4 nitrogen and oxygen atoms in total. The summed E-state index contributed by atoms with van der Waals surface area (Å²) < 4.78 is 6.10. The number of nitrogens with zero attached hydrogens (tertiary/aromatic N) is 3. The van der Waals surface area contributed by atoms with Crippen molar-refractivity contribution in [1.29, 1.82) is 0 Å². The fourth-order valence-electron chi connectivity index (χ4n) is 4.10. The van der Waals surface area contributed by atoms with Gasteiger partial charge in [-0.3, -0.25) is 9.36 Å². The minimum Gasteiger partial charge on any atom is -0.337 e. The van der Waals surface area contributed by atoms with E-state index < -0.39 is 0 Å². The number of fused-ring (bicyclic) bond motifs is 1. The Kier molecular flexibility index (Phi) is 5.45. The molecule has 0 atom stereocenters. The monoisotopic (exact) mass is 510 g/mol. The number of thioether (sulfide) groups is 1. The van der Waals surface area contributed by atoms with Crippen LogP contribution in [0.3, 0.4) is 0 Å². The van der Waals surface area contributed by atoms with Gasteiger partial charge in [0, 0.05) is 28.6 Å². The molecule has 0 N–H and O–H groups in total. The molecular formula is C25H21ClN3OS3+. The van der Waals surface area contributed by atoms with Crippen LogP contribution in [0.2, 0.25) is 5.02 Å². The Labute approximate surface area is 208 Å². The predicted octanol–water partition coefficient (Wildman–Crippen LogP) is 4.43. The van der Waals surface area contributed by atoms with Crippen LogP contribution >= 0.6 is 46.0 Å². The first-order valence-electron chi connectivity index (χ1n) is 10.8. The molecule has 0 amide bonds. The Bertz CT molecular complexity index is 1530. The lowest BCUT2D eigenvalue weighted by Crippen LogP contribution is -2.36. The highest BCUT2D eigenvalue weighted by atomic mass is 35.5. The Morgan fingerprint density at radius 2 is 2.00 bits per heavy atom. The topological polar surface area (TPSA) is 29.1 Å². The fourth-order valence-corrected chi connectivity index (χ4v) is 7.68. The maximum Gasteiger partial charge on any atom is 0.272 e. The molecule has 1 aliphatic carbocycles. The number of hydrogen-bond acceptors (Lipinski definition) is 5. The largest absolute Gasteiger partial charge is 0.337 e. The third kappa shape index (κ3) is 3.97. The molecule has 33 heavy (non-hydrogen) atoms. The van der Waals surface area contributed by atoms with E-state index in [1.807, 2.05) is 35.9 Å². The van der Waals surface area contributed by atoms with Crippen molar-refractivity contribution in [3.05, 3.63) is 95.3 Å². The SMILES string of the molecule is CN1/C(=c2\s/c(=C\c3scc[n+]3Cc3ccccc3)n(C3CC3)c2=O)Sc2cc(Cl)ccc21. The van der Waals surface area contributed by atoms with Crippen LogP contribution in [-0.4, -0.2) is 11.6 Å². The second kappa shape index (κ2) is 8.47. The quantitative estimate of drug-likeness (QED) is 0.380. The van der Waals surface area contributed by atoms with Crippen LogP contribution in [0.4, 0.5) is 5.69 Å². The summed E-state index contributed by atoms with van der Waals surface area (Å²) in [6.07, 6.45) is 6.44. The van der Waals surface area contributed by atoms with Crippen LogP contribution in [-0.2, 0) is 6.54 Å². The van der Waals surface area contributed by atoms with Gasteiger partial charge in [-0.2, -0.15) is 4.57 Å². The summed E-state index contributed by atoms with van der Waals surface area (Å²) in [5, 5.41) is 4.96. The number of rotatable bonds is 4. The Morgan fingerprint density at radius 1 is 1.18 bits per heavy atom. The smallest absolute Gasteiger partial charge is 0.272 e. The van der Waals surface area contributed by atoms with Gasteiger partial charge < -0.3 is 4.90 Å². The molecule has 2 aliphatic rings. The minimum atomic E-state index is 0.119. The zero-order valence-electron chi connectivity index (χ0n) is 17.9. The Morgan fingerprint density at radius 3 is 2.79 bits per heavy atom. The highest BCUT2D eigenvalue weighted by molar-refractivity contribution is 8.08. The second-order valence-electron chi connectivity index (χ2n) is 8.25. The second-order valence-corrected chi connectivity index (χ2v) is 11.7. The van der Waals surface area contributed by atoms with Crippen molar-refractivity contribution in [3.8, 4) is 0 Å². The van der Waals surface area contributed by atoms with Crippen LogP contribution in [0, 0.1) is 0 Å². The van der Waals surface area contributed by atoms with Gasteiger partial charge in [0.2, 0.25) is 0 Å². The summed E-state index contributed by atoms with van der Waals surface area (Å²) in [5.74, 6) is 0. The molecule has 2 aromatic carbocycles. The van der Waals surface area contributed by atoms with Crippen LogP contribution in [0.15, 0.2) is 69.8 Å². The first-order chi connectivity index (χ1) is 16.1. The van der Waals surface area contributed by atoms with Gasteiger partial charge in [-0.05, 0) is 31.0 Å². The lowest BCUT2D eigenvalue weighted by molar-refractivity contribution is -0.685. The fraction of sp³-hybridized carbons (Fsp3) is 0.200. The third-order valence-corrected chi connectivity index (χ3v) is 9.44. The van der Waals surface area contributed by atoms with E-state index in [0.717, 1.165) is 49.2 Å². The van der Waals surface area contributed by atoms with E-state index in [2.05, 4.69) is 51.4 Å². The molecule has 166 valence electrons. The van der Waals surface area contributed by atoms with Crippen LogP contribution in [0.5, 0.6) is 0 Å². The molecule has 0 spiro atoms. The first-order valence-corrected chi connectivity index (χ1v) is 13.7. The van der Waals surface area contributed by atoms with Crippen molar-refractivity contribution >= 4 is 62.8 Å². The van der Waals surface area contributed by atoms with Crippen molar-refractivity contribution in [1.82, 2.24) is 4.57 Å². The minimum absolute atomic E-state index is 0.119. The predicted molar refractivity (Wildman–Crippen MR) is 139 cm³/mol. The van der Waals surface area contributed by atoms with Crippen molar-refractivity contribution in [2.24, 2.45) is 0 Å². The van der Waals surface area contributed by atoms with E-state index in [-0.39, 0.29) is 5.56 Å². The molecular weight excluding hydrogens is 490 g/mol. The molecule has 8 heteroatoms. The standard InChI is InChI=1S/C25H21ClN3OS3/c1-27-19-10-7-17(26)13-20(19)32-25(27)23-24(30)29(18-8-9-18)22(33-23)14-21-28(11-12-31-21)15-16-5-3-2-4-6-16/h2-7,10-14,18H,8-9,15H2,1H3/q+1/b25-23+. The summed E-state index contributed by atoms with van der Waals surface area (Å²) >= 11 is 11.2. The van der Waals surface area contributed by atoms with Gasteiger partial charge in [0.1, 0.15) is 14.2 Å². The molecule has 0 saturated heterocycles. The van der Waals surface area contributed by atoms with Crippen molar-refractivity contribution in [2.45, 2.75) is 30.3 Å². The summed E-state index contributed by atoms with van der Waals surface area (Å²) in [6.45, 7) is 0.814. The van der Waals surface area contributed by atoms with E-state index in [1.54, 1.807) is 34.4 Å². The summed E-state index contributed by atoms with van der Waals surface area (Å²) in [4.78, 5) is 16.8. The number of anilines is 1. The third-order valence-electron chi connectivity index (χ3n) is 5.91. The molecule has 6 rings (SSSR count). The van der Waals surface area contributed by atoms with Gasteiger partial charge in [-0.1, -0.05) is 65.0 Å². The lowest BCUT2D eigenvalue weighted by Gasteiger charge is -2.12. The average Bonchev–Trinajstić information content (AvgIpc) is 3.36. The molecule has 0 radical (unpaired) electrons. The summed E-state index contributed by atoms with van der Waals surface area (Å²) in [5.41, 5.74) is 2.47. The number of aromatic nitrogens is 2. The maximum absolute atomic E-state index is 13.6. The average molecular weight is 511 g/mol. The summed E-state index contributed by atoms with van der Waals surface area (Å²) in [7, 11) is 2.03. The first kappa shape index (κ1) is 21.2. The van der Waals surface area contributed by atoms with Gasteiger partial charge in [-0.25, -0.2) is 0 Å². The normalized spacial score (nSPS) is 17.6. The molecule has 0 unspecified atom stereocenters. The van der Waals surface area contributed by atoms with Crippen molar-refractivity contribution in [2.75, 3.05) is 11.9 Å². The molecule has 1 aliphatic heterocycles. The molecule has 2 aromatic heterocycles. The van der Waals surface area contributed by atoms with Gasteiger partial charge >= 0.3 is 0 Å². The summed E-state index contributed by atoms with van der Waals surface area (Å²) in [6, 6.07) is 16.7. The maximum atomic E-state index is 13.6. The molecule has 1 saturated carbocycles. The van der Waals surface area contributed by atoms with E-state index in [4.69, 9.17) is 11.6 Å². The molecule has 3 heterocycles. The zero-order valence-corrected chi connectivity index (χ0v) is 21.1. The van der Waals surface area contributed by atoms with Crippen LogP contribution < -0.4 is 24.2 Å². The molecule has 0 bridgehead atoms. The van der Waals surface area contributed by atoms with Gasteiger partial charge in [0.15, 0.2) is 12.7 Å². The Balaban J connectivity index is 1.48. The van der Waals surface area contributed by atoms with E-state index in [9.17, 15) is 4.79 Å². The number of thiazole rings is 2. The van der Waals surface area contributed by atoms with E-state index >= 15 is 0 Å². The highest BCUT2D eigenvalue weighted by Gasteiger charge is 2.30. The van der Waals surface area contributed by atoms with E-state index in [0.29, 0.717) is 11.1 Å². The van der Waals surface area contributed by atoms with Gasteiger partial charge in [0.25, 0.3) is 10.6 Å². The molecule has 1 fully saturated rings. The lowest BCUT2D eigenvalue weighted by atomic mass is 10.2. The van der Waals surface area contributed by atoms with Crippen LogP contribution in [0.25, 0.3) is 11.1 Å². The van der Waals surface area contributed by atoms with Gasteiger partial charge in [0.05, 0.1) is 17.1 Å². The molecule has 4 aromatic rings. The van der Waals surface area contributed by atoms with Crippen LogP contribution in [0.1, 0.15) is 29.5 Å². The Hall–Kier alpha value is -2.32. The van der Waals surface area contributed by atoms with Gasteiger partial charge in [-0.15, -0.1) is 11.3 Å². The van der Waals surface area contributed by atoms with Crippen molar-refractivity contribution < 1.29 is 4.57 Å². The zero-order chi connectivity index (χ0) is 22.5. The highest BCUT2D eigenvalue weighted by Crippen LogP contribution is 2.46. The number of benzene rings is 2. The van der Waals surface area contributed by atoms with Crippen molar-refractivity contribution in [3.63, 3.8) is 0 Å². The number of halogens is 1. The van der Waals surface area contributed by atoms with E-state index in [1.165, 1.54) is 5.56 Å². The number of hydrogen-bond donors (Lipinski definition) is 0.